The summed E-state index contributed by atoms with van der Waals surface area (Å²) in [7, 11) is 1.63. The van der Waals surface area contributed by atoms with Crippen LogP contribution in [0.5, 0.6) is 11.5 Å². The first-order valence-electron chi connectivity index (χ1n) is 8.91. The molecule has 27 heavy (non-hydrogen) atoms. The third-order valence-electron chi connectivity index (χ3n) is 4.30. The zero-order chi connectivity index (χ0) is 19.0. The van der Waals surface area contributed by atoms with Crippen molar-refractivity contribution in [2.75, 3.05) is 20.3 Å². The lowest BCUT2D eigenvalue weighted by Crippen LogP contribution is -2.49. The molecule has 0 saturated carbocycles. The van der Waals surface area contributed by atoms with Gasteiger partial charge in [0.15, 0.2) is 11.5 Å². The maximum absolute atomic E-state index is 12.4. The van der Waals surface area contributed by atoms with Crippen LogP contribution in [0.1, 0.15) is 31.4 Å². The summed E-state index contributed by atoms with van der Waals surface area (Å²) >= 11 is 0. The van der Waals surface area contributed by atoms with Gasteiger partial charge in [-0.05, 0) is 49.9 Å². The number of ether oxygens (including phenoxy) is 2. The second kappa shape index (κ2) is 10.8. The van der Waals surface area contributed by atoms with Crippen LogP contribution in [0.4, 0.5) is 0 Å². The lowest BCUT2D eigenvalue weighted by molar-refractivity contribution is -0.126. The smallest absolute Gasteiger partial charge is 0.244 e. The average molecular weight is 393 g/mol. The molecule has 0 aromatic heterocycles. The lowest BCUT2D eigenvalue weighted by Gasteiger charge is -2.24. The minimum atomic E-state index is -1.04. The Hall–Kier alpha value is -2.24. The van der Waals surface area contributed by atoms with Gasteiger partial charge >= 0.3 is 0 Å². The van der Waals surface area contributed by atoms with Crippen LogP contribution in [-0.2, 0) is 16.8 Å². The Morgan fingerprint density at radius 2 is 1.85 bits per heavy atom. The molecule has 0 saturated heterocycles. The predicted molar refractivity (Wildman–Crippen MR) is 111 cm³/mol. The molecule has 1 atom stereocenters. The number of rotatable bonds is 9. The van der Waals surface area contributed by atoms with Crippen LogP contribution < -0.4 is 20.5 Å². The second-order valence-electron chi connectivity index (χ2n) is 6.35. The number of methoxy groups -OCH3 is 1. The molecule has 2 aromatic rings. The number of nitrogens with one attached hydrogen (secondary N) is 1. The Morgan fingerprint density at radius 1 is 1.15 bits per heavy atom. The van der Waals surface area contributed by atoms with E-state index in [1.807, 2.05) is 55.5 Å². The maximum Gasteiger partial charge on any atom is 0.244 e. The number of hydrogen-bond donors (Lipinski definition) is 2. The van der Waals surface area contributed by atoms with E-state index in [0.29, 0.717) is 13.2 Å². The van der Waals surface area contributed by atoms with E-state index in [0.717, 1.165) is 35.5 Å². The number of carbonyl (C=O) groups excluding carboxylic acids is 1. The van der Waals surface area contributed by atoms with Crippen molar-refractivity contribution in [2.24, 2.45) is 5.73 Å². The monoisotopic (exact) mass is 392 g/mol. The summed E-state index contributed by atoms with van der Waals surface area (Å²) in [5.41, 5.74) is 7.12. The van der Waals surface area contributed by atoms with Crippen molar-refractivity contribution in [2.45, 2.75) is 32.2 Å². The summed E-state index contributed by atoms with van der Waals surface area (Å²) < 4.78 is 10.9. The van der Waals surface area contributed by atoms with Crippen LogP contribution in [-0.4, -0.2) is 26.2 Å². The predicted octanol–water partition coefficient (Wildman–Crippen LogP) is 3.44. The van der Waals surface area contributed by atoms with E-state index in [9.17, 15) is 4.79 Å². The third kappa shape index (κ3) is 6.15. The molecule has 0 radical (unpaired) electrons. The first-order chi connectivity index (χ1) is 12.5. The van der Waals surface area contributed by atoms with Gasteiger partial charge in [0.2, 0.25) is 5.91 Å². The number of carbonyl (C=O) groups is 1. The van der Waals surface area contributed by atoms with Crippen molar-refractivity contribution in [1.82, 2.24) is 5.32 Å². The molecular formula is C21H29ClN2O3. The van der Waals surface area contributed by atoms with Gasteiger partial charge in [-0.15, -0.1) is 12.4 Å². The Kier molecular flexibility index (Phi) is 9.12. The van der Waals surface area contributed by atoms with Gasteiger partial charge in [-0.25, -0.2) is 0 Å². The minimum absolute atomic E-state index is 0. The highest BCUT2D eigenvalue weighted by molar-refractivity contribution is 5.87. The van der Waals surface area contributed by atoms with Crippen molar-refractivity contribution in [1.29, 1.82) is 0 Å². The van der Waals surface area contributed by atoms with Gasteiger partial charge in [-0.2, -0.15) is 0 Å². The van der Waals surface area contributed by atoms with Gasteiger partial charge in [0, 0.05) is 6.54 Å². The maximum atomic E-state index is 12.4. The molecule has 0 spiro atoms. The fourth-order valence-electron chi connectivity index (χ4n) is 2.74. The van der Waals surface area contributed by atoms with E-state index in [1.54, 1.807) is 14.0 Å². The SMILES string of the molecule is CCOc1cc(CCCNC(=O)C(C)(N)c2ccccc2)ccc1OC.Cl. The summed E-state index contributed by atoms with van der Waals surface area (Å²) in [4.78, 5) is 12.4. The molecule has 3 N–H and O–H groups in total. The number of nitrogens with two attached hydrogens (primary N) is 1. The summed E-state index contributed by atoms with van der Waals surface area (Å²) in [6.07, 6.45) is 1.64. The van der Waals surface area contributed by atoms with Crippen molar-refractivity contribution in [3.05, 3.63) is 59.7 Å². The number of hydrogen-bond acceptors (Lipinski definition) is 4. The van der Waals surface area contributed by atoms with Crippen molar-refractivity contribution < 1.29 is 14.3 Å². The standard InChI is InChI=1S/C21H28N2O3.ClH/c1-4-26-19-15-16(12-13-18(19)25-3)9-8-14-23-20(24)21(2,22)17-10-6-5-7-11-17;/h5-7,10-13,15H,4,8-9,14,22H2,1-3H3,(H,23,24);1H. The molecule has 0 aliphatic rings. The van der Waals surface area contributed by atoms with E-state index in [1.165, 1.54) is 0 Å². The van der Waals surface area contributed by atoms with Crippen LogP contribution in [0.2, 0.25) is 0 Å². The van der Waals surface area contributed by atoms with Gasteiger partial charge < -0.3 is 20.5 Å². The van der Waals surface area contributed by atoms with E-state index in [-0.39, 0.29) is 18.3 Å². The number of amides is 1. The minimum Gasteiger partial charge on any atom is -0.493 e. The molecule has 0 fully saturated rings. The molecule has 1 amide bonds. The zero-order valence-corrected chi connectivity index (χ0v) is 17.0. The third-order valence-corrected chi connectivity index (χ3v) is 4.30. The summed E-state index contributed by atoms with van der Waals surface area (Å²) in [6, 6.07) is 15.3. The number of aryl methyl sites for hydroxylation is 1. The molecule has 0 heterocycles. The normalized spacial score (nSPS) is 12.4. The van der Waals surface area contributed by atoms with Gasteiger partial charge in [0.1, 0.15) is 5.54 Å². The average Bonchev–Trinajstić information content (AvgIpc) is 2.66. The second-order valence-corrected chi connectivity index (χ2v) is 6.35. The highest BCUT2D eigenvalue weighted by Crippen LogP contribution is 2.28. The largest absolute Gasteiger partial charge is 0.493 e. The molecular weight excluding hydrogens is 364 g/mol. The first-order valence-corrected chi connectivity index (χ1v) is 8.91. The Balaban J connectivity index is 0.00000364. The van der Waals surface area contributed by atoms with Gasteiger partial charge in [-0.1, -0.05) is 36.4 Å². The number of benzene rings is 2. The van der Waals surface area contributed by atoms with Crippen LogP contribution in [0.15, 0.2) is 48.5 Å². The van der Waals surface area contributed by atoms with Crippen LogP contribution in [0.25, 0.3) is 0 Å². The van der Waals surface area contributed by atoms with Crippen molar-refractivity contribution in [3.8, 4) is 11.5 Å². The Morgan fingerprint density at radius 3 is 2.48 bits per heavy atom. The molecule has 148 valence electrons. The summed E-state index contributed by atoms with van der Waals surface area (Å²) in [5, 5.41) is 2.93. The molecule has 0 aliphatic carbocycles. The zero-order valence-electron chi connectivity index (χ0n) is 16.2. The molecule has 2 aromatic carbocycles. The lowest BCUT2D eigenvalue weighted by atomic mass is 9.92. The van der Waals surface area contributed by atoms with Crippen LogP contribution in [0.3, 0.4) is 0 Å². The van der Waals surface area contributed by atoms with E-state index in [4.69, 9.17) is 15.2 Å². The van der Waals surface area contributed by atoms with E-state index in [2.05, 4.69) is 5.32 Å². The topological polar surface area (TPSA) is 73.6 Å². The highest BCUT2D eigenvalue weighted by atomic mass is 35.5. The Labute approximate surface area is 167 Å². The van der Waals surface area contributed by atoms with Gasteiger partial charge in [0.25, 0.3) is 0 Å². The van der Waals surface area contributed by atoms with E-state index >= 15 is 0 Å². The molecule has 0 bridgehead atoms. The molecule has 5 nitrogen and oxygen atoms in total. The van der Waals surface area contributed by atoms with Crippen LogP contribution >= 0.6 is 12.4 Å². The molecule has 6 heteroatoms. The molecule has 1 unspecified atom stereocenters. The quantitative estimate of drug-likeness (QED) is 0.641. The Bertz CT molecular complexity index is 721. The molecule has 0 aliphatic heterocycles. The van der Waals surface area contributed by atoms with Gasteiger partial charge in [-0.3, -0.25) is 4.79 Å². The van der Waals surface area contributed by atoms with Gasteiger partial charge in [0.05, 0.1) is 13.7 Å². The van der Waals surface area contributed by atoms with E-state index < -0.39 is 5.54 Å². The van der Waals surface area contributed by atoms with Crippen LogP contribution in [0, 0.1) is 0 Å². The number of halogens is 1. The summed E-state index contributed by atoms with van der Waals surface area (Å²) in [6.45, 7) is 4.83. The fourth-order valence-corrected chi connectivity index (χ4v) is 2.74. The summed E-state index contributed by atoms with van der Waals surface area (Å²) in [5.74, 6) is 1.30. The van der Waals surface area contributed by atoms with Crippen molar-refractivity contribution in [3.63, 3.8) is 0 Å². The molecule has 2 rings (SSSR count). The fraction of sp³-hybridized carbons (Fsp3) is 0.381. The van der Waals surface area contributed by atoms with Crippen molar-refractivity contribution >= 4 is 18.3 Å². The first kappa shape index (κ1) is 22.8. The highest BCUT2D eigenvalue weighted by Gasteiger charge is 2.29.